The summed E-state index contributed by atoms with van der Waals surface area (Å²) in [6.07, 6.45) is 9.40. The molecule has 0 aromatic heterocycles. The van der Waals surface area contributed by atoms with Gasteiger partial charge in [-0.2, -0.15) is 0 Å². The summed E-state index contributed by atoms with van der Waals surface area (Å²) in [5.74, 6) is 0.0141. The van der Waals surface area contributed by atoms with Gasteiger partial charge < -0.3 is 5.32 Å². The molecule has 1 N–H and O–H groups in total. The van der Waals surface area contributed by atoms with Crippen molar-refractivity contribution in [2.75, 3.05) is 6.54 Å². The maximum atomic E-state index is 10.7. The highest BCUT2D eigenvalue weighted by molar-refractivity contribution is 5.73. The predicted octanol–water partition coefficient (Wildman–Crippen LogP) is 1.96. The van der Waals surface area contributed by atoms with Gasteiger partial charge in [0.2, 0.25) is 5.91 Å². The Hall–Kier alpha value is -1.31. The fourth-order valence-electron chi connectivity index (χ4n) is 1.21. The Morgan fingerprint density at radius 1 is 1.62 bits per heavy atom. The second-order valence-electron chi connectivity index (χ2n) is 3.22. The molecule has 0 aromatic carbocycles. The highest BCUT2D eigenvalue weighted by Crippen LogP contribution is 2.09. The van der Waals surface area contributed by atoms with Crippen molar-refractivity contribution in [3.8, 4) is 0 Å². The first-order valence-electron chi connectivity index (χ1n) is 4.47. The van der Waals surface area contributed by atoms with Gasteiger partial charge in [-0.15, -0.1) is 0 Å². The van der Waals surface area contributed by atoms with Gasteiger partial charge >= 0.3 is 0 Å². The molecule has 0 radical (unpaired) electrons. The summed E-state index contributed by atoms with van der Waals surface area (Å²) in [4.78, 5) is 10.7. The summed E-state index contributed by atoms with van der Waals surface area (Å²) >= 11 is 0. The van der Waals surface area contributed by atoms with Crippen LogP contribution in [0.15, 0.2) is 35.5 Å². The molecule has 1 aliphatic rings. The lowest BCUT2D eigenvalue weighted by molar-refractivity contribution is -0.118. The third-order valence-electron chi connectivity index (χ3n) is 1.86. The molecule has 70 valence electrons. The van der Waals surface area contributed by atoms with Crippen molar-refractivity contribution < 1.29 is 4.79 Å². The van der Waals surface area contributed by atoms with Crippen molar-refractivity contribution in [3.05, 3.63) is 35.5 Å². The van der Waals surface area contributed by atoms with E-state index in [1.807, 2.05) is 0 Å². The molecule has 0 aliphatic heterocycles. The Morgan fingerprint density at radius 3 is 3.08 bits per heavy atom. The number of carbonyl (C=O) groups excluding carboxylic acids is 1. The zero-order valence-corrected chi connectivity index (χ0v) is 8.13. The number of nitrogens with one attached hydrogen (secondary N) is 1. The molecule has 1 aliphatic carbocycles. The van der Waals surface area contributed by atoms with E-state index < -0.39 is 0 Å². The standard InChI is InChI=1S/C11H15NO/c1-9-5-3-4-6-11(7-9)8-12-10(2)13/h4-7H,3,8H2,1-2H3,(H,12,13). The van der Waals surface area contributed by atoms with Gasteiger partial charge in [-0.05, 0) is 18.9 Å². The highest BCUT2D eigenvalue weighted by atomic mass is 16.1. The topological polar surface area (TPSA) is 29.1 Å². The van der Waals surface area contributed by atoms with Crippen LogP contribution in [0.25, 0.3) is 0 Å². The normalized spacial score (nSPS) is 15.8. The number of carbonyl (C=O) groups is 1. The Balaban J connectivity index is 2.57. The zero-order valence-electron chi connectivity index (χ0n) is 8.13. The van der Waals surface area contributed by atoms with Gasteiger partial charge in [0.15, 0.2) is 0 Å². The number of rotatable bonds is 2. The summed E-state index contributed by atoms with van der Waals surface area (Å²) in [5, 5.41) is 2.78. The first-order chi connectivity index (χ1) is 6.18. The summed E-state index contributed by atoms with van der Waals surface area (Å²) < 4.78 is 0. The van der Waals surface area contributed by atoms with Gasteiger partial charge in [-0.25, -0.2) is 0 Å². The Labute approximate surface area is 79.0 Å². The van der Waals surface area contributed by atoms with Crippen LogP contribution < -0.4 is 5.32 Å². The van der Waals surface area contributed by atoms with Crippen LogP contribution in [0.3, 0.4) is 0 Å². The third kappa shape index (κ3) is 3.74. The molecule has 0 saturated heterocycles. The fourth-order valence-corrected chi connectivity index (χ4v) is 1.21. The summed E-state index contributed by atoms with van der Waals surface area (Å²) in [5.41, 5.74) is 2.41. The lowest BCUT2D eigenvalue weighted by atomic mass is 10.2. The van der Waals surface area contributed by atoms with E-state index in [1.54, 1.807) is 0 Å². The number of allylic oxidation sites excluding steroid dienone is 4. The SMILES string of the molecule is CC(=O)NCC1=CC(C)=CCC=C1. The minimum absolute atomic E-state index is 0.0141. The maximum Gasteiger partial charge on any atom is 0.217 e. The minimum atomic E-state index is 0.0141. The zero-order chi connectivity index (χ0) is 9.68. The molecule has 0 atom stereocenters. The Kier molecular flexibility index (Phi) is 3.50. The Morgan fingerprint density at radius 2 is 2.38 bits per heavy atom. The van der Waals surface area contributed by atoms with Crippen molar-refractivity contribution in [1.82, 2.24) is 5.32 Å². The lowest BCUT2D eigenvalue weighted by Gasteiger charge is -2.02. The van der Waals surface area contributed by atoms with Gasteiger partial charge in [0.25, 0.3) is 0 Å². The summed E-state index contributed by atoms with van der Waals surface area (Å²) in [6.45, 7) is 4.22. The van der Waals surface area contributed by atoms with Crippen molar-refractivity contribution >= 4 is 5.91 Å². The van der Waals surface area contributed by atoms with E-state index in [0.717, 1.165) is 12.0 Å². The first kappa shape index (κ1) is 9.78. The smallest absolute Gasteiger partial charge is 0.217 e. The third-order valence-corrected chi connectivity index (χ3v) is 1.86. The van der Waals surface area contributed by atoms with Gasteiger partial charge in [0, 0.05) is 13.5 Å². The first-order valence-corrected chi connectivity index (χ1v) is 4.47. The molecule has 0 aromatic rings. The number of amides is 1. The summed E-state index contributed by atoms with van der Waals surface area (Å²) in [6, 6.07) is 0. The van der Waals surface area contributed by atoms with Crippen molar-refractivity contribution in [2.45, 2.75) is 20.3 Å². The molecule has 0 unspecified atom stereocenters. The quantitative estimate of drug-likeness (QED) is 0.686. The van der Waals surface area contributed by atoms with Gasteiger partial charge in [-0.3, -0.25) is 4.79 Å². The molecule has 1 rings (SSSR count). The van der Waals surface area contributed by atoms with Gasteiger partial charge in [0.05, 0.1) is 0 Å². The van der Waals surface area contributed by atoms with Crippen LogP contribution in [0, 0.1) is 0 Å². The second-order valence-corrected chi connectivity index (χ2v) is 3.22. The van der Waals surface area contributed by atoms with Crippen LogP contribution in [0.4, 0.5) is 0 Å². The molecule has 1 amide bonds. The predicted molar refractivity (Wildman–Crippen MR) is 54.3 cm³/mol. The molecule has 2 nitrogen and oxygen atoms in total. The number of hydrogen-bond donors (Lipinski definition) is 1. The molecule has 0 fully saturated rings. The molecular formula is C11H15NO. The van der Waals surface area contributed by atoms with E-state index in [1.165, 1.54) is 12.5 Å². The maximum absolute atomic E-state index is 10.7. The Bertz CT molecular complexity index is 284. The molecule has 0 spiro atoms. The van der Waals surface area contributed by atoms with Gasteiger partial charge in [-0.1, -0.05) is 29.9 Å². The largest absolute Gasteiger partial charge is 0.352 e. The average Bonchev–Trinajstić information content (AvgIpc) is 2.26. The van der Waals surface area contributed by atoms with E-state index in [0.29, 0.717) is 6.54 Å². The van der Waals surface area contributed by atoms with E-state index in [-0.39, 0.29) is 5.91 Å². The number of hydrogen-bond acceptors (Lipinski definition) is 1. The lowest BCUT2D eigenvalue weighted by Crippen LogP contribution is -2.21. The van der Waals surface area contributed by atoms with E-state index in [2.05, 4.69) is 36.5 Å². The fraction of sp³-hybridized carbons (Fsp3) is 0.364. The molecular weight excluding hydrogens is 162 g/mol. The van der Waals surface area contributed by atoms with E-state index in [9.17, 15) is 4.79 Å². The monoisotopic (exact) mass is 177 g/mol. The molecule has 0 heterocycles. The average molecular weight is 177 g/mol. The van der Waals surface area contributed by atoms with E-state index >= 15 is 0 Å². The highest BCUT2D eigenvalue weighted by Gasteiger charge is 1.97. The van der Waals surface area contributed by atoms with Crippen LogP contribution in [-0.2, 0) is 4.79 Å². The van der Waals surface area contributed by atoms with Crippen molar-refractivity contribution in [2.24, 2.45) is 0 Å². The van der Waals surface area contributed by atoms with Crippen LogP contribution in [-0.4, -0.2) is 12.5 Å². The van der Waals surface area contributed by atoms with Crippen LogP contribution >= 0.6 is 0 Å². The van der Waals surface area contributed by atoms with E-state index in [4.69, 9.17) is 0 Å². The second kappa shape index (κ2) is 4.65. The van der Waals surface area contributed by atoms with Crippen molar-refractivity contribution in [1.29, 1.82) is 0 Å². The van der Waals surface area contributed by atoms with Gasteiger partial charge in [0.1, 0.15) is 0 Å². The van der Waals surface area contributed by atoms with Crippen LogP contribution in [0.2, 0.25) is 0 Å². The van der Waals surface area contributed by atoms with Crippen LogP contribution in [0.5, 0.6) is 0 Å². The van der Waals surface area contributed by atoms with Crippen molar-refractivity contribution in [3.63, 3.8) is 0 Å². The van der Waals surface area contributed by atoms with Crippen LogP contribution in [0.1, 0.15) is 20.3 Å². The minimum Gasteiger partial charge on any atom is -0.352 e. The molecule has 0 saturated carbocycles. The molecule has 0 bridgehead atoms. The molecule has 2 heteroatoms. The summed E-state index contributed by atoms with van der Waals surface area (Å²) in [7, 11) is 0. The molecule has 13 heavy (non-hydrogen) atoms.